The third-order valence-corrected chi connectivity index (χ3v) is 2.69. The highest BCUT2D eigenvalue weighted by molar-refractivity contribution is 9.10. The van der Waals surface area contributed by atoms with Crippen molar-refractivity contribution in [3.05, 3.63) is 33.3 Å². The van der Waals surface area contributed by atoms with Crippen molar-refractivity contribution in [3.8, 4) is 0 Å². The lowest BCUT2D eigenvalue weighted by Gasteiger charge is -2.00. The Morgan fingerprint density at radius 2 is 2.23 bits per heavy atom. The van der Waals surface area contributed by atoms with Gasteiger partial charge in [-0.05, 0) is 24.5 Å². The molecule has 0 atom stereocenters. The van der Waals surface area contributed by atoms with Crippen LogP contribution in [-0.2, 0) is 0 Å². The number of hydrogen-bond donors (Lipinski definition) is 0. The highest BCUT2D eigenvalue weighted by Crippen LogP contribution is 2.20. The molecule has 0 aliphatic carbocycles. The first-order chi connectivity index (χ1) is 6.13. The Bertz CT molecular complexity index is 307. The van der Waals surface area contributed by atoms with Gasteiger partial charge in [-0.3, -0.25) is 4.79 Å². The van der Waals surface area contributed by atoms with Crippen LogP contribution in [0.3, 0.4) is 0 Å². The third-order valence-electron chi connectivity index (χ3n) is 1.46. The molecule has 70 valence electrons. The van der Waals surface area contributed by atoms with Crippen LogP contribution in [0.15, 0.2) is 22.7 Å². The van der Waals surface area contributed by atoms with E-state index in [1.54, 1.807) is 18.2 Å². The minimum Gasteiger partial charge on any atom is -0.293 e. The van der Waals surface area contributed by atoms with Crippen LogP contribution in [0, 0.1) is 0 Å². The maximum Gasteiger partial charge on any atom is 0.172 e. The molecule has 1 aromatic rings. The molecule has 0 saturated carbocycles. The minimum atomic E-state index is 0.107. The summed E-state index contributed by atoms with van der Waals surface area (Å²) in [5.74, 6) is 0.600. The molecule has 0 spiro atoms. The number of ketones is 1. The fourth-order valence-electron chi connectivity index (χ4n) is 0.929. The number of carbonyl (C=O) groups is 1. The van der Waals surface area contributed by atoms with Crippen molar-refractivity contribution in [3.63, 3.8) is 0 Å². The van der Waals surface area contributed by atoms with Gasteiger partial charge >= 0.3 is 0 Å². The zero-order chi connectivity index (χ0) is 9.84. The van der Waals surface area contributed by atoms with Gasteiger partial charge in [-0.15, -0.1) is 0 Å². The molecule has 0 aromatic heterocycles. The second-order valence-corrected chi connectivity index (χ2v) is 4.73. The fourth-order valence-corrected chi connectivity index (χ4v) is 2.22. The first-order valence-electron chi connectivity index (χ1n) is 3.61. The Morgan fingerprint density at radius 1 is 1.54 bits per heavy atom. The van der Waals surface area contributed by atoms with Gasteiger partial charge in [-0.1, -0.05) is 27.5 Å². The van der Waals surface area contributed by atoms with Crippen LogP contribution in [0.25, 0.3) is 0 Å². The fraction of sp³-hybridized carbons (Fsp3) is 0.222. The summed E-state index contributed by atoms with van der Waals surface area (Å²) < 4.78 is 0.837. The van der Waals surface area contributed by atoms with Gasteiger partial charge < -0.3 is 0 Å². The van der Waals surface area contributed by atoms with Gasteiger partial charge in [0.25, 0.3) is 0 Å². The zero-order valence-electron chi connectivity index (χ0n) is 7.01. The Balaban J connectivity index is 2.94. The molecule has 1 rings (SSSR count). The Hall–Kier alpha value is 0.01000. The minimum absolute atomic E-state index is 0.107. The largest absolute Gasteiger partial charge is 0.293 e. The average Bonchev–Trinajstić information content (AvgIpc) is 2.03. The first-order valence-corrected chi connectivity index (χ1v) is 6.18. The van der Waals surface area contributed by atoms with E-state index in [4.69, 9.17) is 11.6 Å². The van der Waals surface area contributed by atoms with Crippen molar-refractivity contribution < 1.29 is 4.79 Å². The van der Waals surface area contributed by atoms with Crippen LogP contribution in [0.5, 0.6) is 0 Å². The van der Waals surface area contributed by atoms with Gasteiger partial charge in [0.15, 0.2) is 5.78 Å². The molecule has 0 unspecified atom stereocenters. The molecule has 0 heterocycles. The maximum absolute atomic E-state index is 11.4. The molecule has 0 radical (unpaired) electrons. The monoisotopic (exact) mass is 278 g/mol. The molecular weight excluding hydrogens is 272 g/mol. The number of halogens is 2. The standard InChI is InChI=1S/C9H8BrClOS/c1-13-5-9(12)6-2-7(10)4-8(11)3-6/h2-4H,5H2,1H3. The van der Waals surface area contributed by atoms with Crippen LogP contribution in [0.2, 0.25) is 5.02 Å². The number of thioether (sulfide) groups is 1. The molecule has 1 nitrogen and oxygen atoms in total. The molecular formula is C9H8BrClOS. The highest BCUT2D eigenvalue weighted by Gasteiger charge is 2.06. The van der Waals surface area contributed by atoms with Gasteiger partial charge in [0.2, 0.25) is 0 Å². The summed E-state index contributed by atoms with van der Waals surface area (Å²) in [5, 5.41) is 0.582. The summed E-state index contributed by atoms with van der Waals surface area (Å²) in [7, 11) is 0. The molecule has 0 amide bonds. The number of benzene rings is 1. The smallest absolute Gasteiger partial charge is 0.172 e. The van der Waals surface area contributed by atoms with E-state index < -0.39 is 0 Å². The van der Waals surface area contributed by atoms with Gasteiger partial charge in [0, 0.05) is 15.1 Å². The molecule has 4 heteroatoms. The topological polar surface area (TPSA) is 17.1 Å². The number of rotatable bonds is 3. The van der Waals surface area contributed by atoms with E-state index >= 15 is 0 Å². The van der Waals surface area contributed by atoms with Crippen LogP contribution >= 0.6 is 39.3 Å². The Kier molecular flexibility index (Phi) is 4.29. The summed E-state index contributed by atoms with van der Waals surface area (Å²) in [6, 6.07) is 5.23. The van der Waals surface area contributed by atoms with Gasteiger partial charge in [-0.25, -0.2) is 0 Å². The van der Waals surface area contributed by atoms with E-state index in [9.17, 15) is 4.79 Å². The summed E-state index contributed by atoms with van der Waals surface area (Å²) >= 11 is 10.6. The SMILES string of the molecule is CSCC(=O)c1cc(Cl)cc(Br)c1. The van der Waals surface area contributed by atoms with Gasteiger partial charge in [0.1, 0.15) is 0 Å². The molecule has 1 aromatic carbocycles. The predicted octanol–water partition coefficient (Wildman–Crippen LogP) is 3.65. The highest BCUT2D eigenvalue weighted by atomic mass is 79.9. The van der Waals surface area contributed by atoms with Crippen LogP contribution in [0.4, 0.5) is 0 Å². The van der Waals surface area contributed by atoms with Crippen LogP contribution in [0.1, 0.15) is 10.4 Å². The normalized spacial score (nSPS) is 10.1. The van der Waals surface area contributed by atoms with E-state index in [0.717, 1.165) is 4.47 Å². The number of hydrogen-bond acceptors (Lipinski definition) is 2. The van der Waals surface area contributed by atoms with Crippen molar-refractivity contribution in [2.75, 3.05) is 12.0 Å². The first kappa shape index (κ1) is 11.1. The summed E-state index contributed by atoms with van der Waals surface area (Å²) in [4.78, 5) is 11.4. The summed E-state index contributed by atoms with van der Waals surface area (Å²) in [6.45, 7) is 0. The van der Waals surface area contributed by atoms with E-state index in [1.165, 1.54) is 11.8 Å². The Morgan fingerprint density at radius 3 is 2.77 bits per heavy atom. The summed E-state index contributed by atoms with van der Waals surface area (Å²) in [6.07, 6.45) is 1.90. The number of Topliss-reactive ketones (excluding diaryl/α,β-unsaturated/α-hetero) is 1. The van der Waals surface area contributed by atoms with E-state index in [-0.39, 0.29) is 5.78 Å². The van der Waals surface area contributed by atoms with Crippen molar-refractivity contribution in [1.29, 1.82) is 0 Å². The molecule has 0 aliphatic heterocycles. The second-order valence-electron chi connectivity index (χ2n) is 2.51. The predicted molar refractivity (Wildman–Crippen MR) is 61.9 cm³/mol. The van der Waals surface area contributed by atoms with Gasteiger partial charge in [-0.2, -0.15) is 11.8 Å². The molecule has 0 fully saturated rings. The molecule has 0 aliphatic rings. The van der Waals surface area contributed by atoms with Gasteiger partial charge in [0.05, 0.1) is 5.75 Å². The molecule has 0 saturated heterocycles. The maximum atomic E-state index is 11.4. The number of carbonyl (C=O) groups excluding carboxylic acids is 1. The third kappa shape index (κ3) is 3.33. The Labute approximate surface area is 95.0 Å². The zero-order valence-corrected chi connectivity index (χ0v) is 10.2. The second kappa shape index (κ2) is 5.03. The van der Waals surface area contributed by atoms with Crippen molar-refractivity contribution in [2.45, 2.75) is 0 Å². The van der Waals surface area contributed by atoms with Crippen molar-refractivity contribution >= 4 is 45.1 Å². The van der Waals surface area contributed by atoms with E-state index in [0.29, 0.717) is 16.3 Å². The van der Waals surface area contributed by atoms with E-state index in [2.05, 4.69) is 15.9 Å². The lowest BCUT2D eigenvalue weighted by Crippen LogP contribution is -2.01. The molecule has 0 bridgehead atoms. The van der Waals surface area contributed by atoms with Crippen LogP contribution in [-0.4, -0.2) is 17.8 Å². The molecule has 0 N–H and O–H groups in total. The van der Waals surface area contributed by atoms with Crippen LogP contribution < -0.4 is 0 Å². The lowest BCUT2D eigenvalue weighted by atomic mass is 10.1. The van der Waals surface area contributed by atoms with E-state index in [1.807, 2.05) is 6.26 Å². The lowest BCUT2D eigenvalue weighted by molar-refractivity contribution is 0.102. The molecule has 13 heavy (non-hydrogen) atoms. The average molecular weight is 280 g/mol. The van der Waals surface area contributed by atoms with Crippen molar-refractivity contribution in [1.82, 2.24) is 0 Å². The van der Waals surface area contributed by atoms with Crippen molar-refractivity contribution in [2.24, 2.45) is 0 Å². The summed E-state index contributed by atoms with van der Waals surface area (Å²) in [5.41, 5.74) is 0.661. The quantitative estimate of drug-likeness (QED) is 0.786.